The summed E-state index contributed by atoms with van der Waals surface area (Å²) in [6, 6.07) is 4.43. The van der Waals surface area contributed by atoms with E-state index in [0.29, 0.717) is 10.7 Å². The molecule has 0 bridgehead atoms. The third kappa shape index (κ3) is 2.71. The van der Waals surface area contributed by atoms with Gasteiger partial charge >= 0.3 is 0 Å². The van der Waals surface area contributed by atoms with E-state index in [4.69, 9.17) is 0 Å². The van der Waals surface area contributed by atoms with Gasteiger partial charge in [0.2, 0.25) is 5.13 Å². The molecule has 0 fully saturated rings. The molecule has 2 aromatic rings. The number of carbonyl (C=O) groups excluding carboxylic acids is 3. The molecule has 0 saturated carbocycles. The number of nitrogens with zero attached hydrogens (tertiary/aromatic N) is 3. The highest BCUT2D eigenvalue weighted by Gasteiger charge is 2.35. The first-order valence-corrected chi connectivity index (χ1v) is 8.11. The molecule has 122 valence electrons. The second kappa shape index (κ2) is 6.32. The third-order valence-electron chi connectivity index (χ3n) is 3.53. The van der Waals surface area contributed by atoms with Gasteiger partial charge in [0.1, 0.15) is 5.01 Å². The number of nitrogens with one attached hydrogen (secondary N) is 1. The molecule has 7 nitrogen and oxygen atoms in total. The number of benzene rings is 1. The van der Waals surface area contributed by atoms with Crippen LogP contribution >= 0.6 is 11.3 Å². The largest absolute Gasteiger partial charge is 0.296 e. The summed E-state index contributed by atoms with van der Waals surface area (Å²) in [5.41, 5.74) is 0.798. The van der Waals surface area contributed by atoms with E-state index < -0.39 is 11.8 Å². The lowest BCUT2D eigenvalue weighted by molar-refractivity contribution is 0.0672. The number of fused-ring (bicyclic) bond motifs is 1. The molecule has 0 saturated heterocycles. The topological polar surface area (TPSA) is 92.3 Å². The molecule has 0 spiro atoms. The molecule has 0 unspecified atom stereocenters. The van der Waals surface area contributed by atoms with E-state index in [9.17, 15) is 14.4 Å². The van der Waals surface area contributed by atoms with Crippen LogP contribution in [-0.2, 0) is 6.42 Å². The van der Waals surface area contributed by atoms with Gasteiger partial charge in [-0.1, -0.05) is 24.3 Å². The fourth-order valence-corrected chi connectivity index (χ4v) is 3.02. The normalized spacial score (nSPS) is 13.1. The third-order valence-corrected chi connectivity index (χ3v) is 4.52. The van der Waals surface area contributed by atoms with Crippen LogP contribution in [0.1, 0.15) is 43.0 Å². The number of anilines is 1. The van der Waals surface area contributed by atoms with Crippen molar-refractivity contribution < 1.29 is 14.4 Å². The summed E-state index contributed by atoms with van der Waals surface area (Å²) in [5, 5.41) is 11.7. The van der Waals surface area contributed by atoms with Gasteiger partial charge in [0, 0.05) is 12.1 Å². The molecule has 0 aliphatic carbocycles. The average molecular weight is 342 g/mol. The van der Waals surface area contributed by atoms with Gasteiger partial charge < -0.3 is 0 Å². The second-order valence-corrected chi connectivity index (χ2v) is 6.14. The minimum Gasteiger partial charge on any atom is -0.296 e. The number of imide groups is 1. The lowest BCUT2D eigenvalue weighted by Gasteiger charge is -2.09. The number of rotatable bonds is 5. The van der Waals surface area contributed by atoms with Crippen LogP contribution in [0.3, 0.4) is 0 Å². The maximum absolute atomic E-state index is 12.3. The van der Waals surface area contributed by atoms with E-state index in [1.165, 1.54) is 35.6 Å². The SMILES string of the molecule is C=CCN1C(=O)c2ccc(C(=O)Nc3nnc(CC)s3)cc2C1=O. The molecule has 2 heterocycles. The molecule has 1 aliphatic heterocycles. The maximum Gasteiger partial charge on any atom is 0.261 e. The summed E-state index contributed by atoms with van der Waals surface area (Å²) in [5.74, 6) is -1.20. The Labute approximate surface area is 142 Å². The second-order valence-electron chi connectivity index (χ2n) is 5.08. The van der Waals surface area contributed by atoms with Gasteiger partial charge in [-0.15, -0.1) is 16.8 Å². The molecule has 8 heteroatoms. The smallest absolute Gasteiger partial charge is 0.261 e. The van der Waals surface area contributed by atoms with Crippen molar-refractivity contribution in [2.75, 3.05) is 11.9 Å². The van der Waals surface area contributed by atoms with E-state index >= 15 is 0 Å². The van der Waals surface area contributed by atoms with Crippen LogP contribution in [0.5, 0.6) is 0 Å². The van der Waals surface area contributed by atoms with E-state index in [-0.39, 0.29) is 23.6 Å². The van der Waals surface area contributed by atoms with Crippen molar-refractivity contribution in [3.8, 4) is 0 Å². The number of hydrogen-bond donors (Lipinski definition) is 1. The van der Waals surface area contributed by atoms with E-state index in [1.807, 2.05) is 6.92 Å². The van der Waals surface area contributed by atoms with Crippen LogP contribution in [-0.4, -0.2) is 39.4 Å². The molecule has 1 aromatic heterocycles. The van der Waals surface area contributed by atoms with Crippen molar-refractivity contribution >= 4 is 34.2 Å². The summed E-state index contributed by atoms with van der Waals surface area (Å²) in [4.78, 5) is 37.8. The minimum atomic E-state index is -0.422. The van der Waals surface area contributed by atoms with Crippen molar-refractivity contribution in [3.05, 3.63) is 52.6 Å². The van der Waals surface area contributed by atoms with E-state index in [0.717, 1.165) is 16.3 Å². The van der Waals surface area contributed by atoms with Gasteiger partial charge in [0.05, 0.1) is 11.1 Å². The van der Waals surface area contributed by atoms with Crippen LogP contribution in [0, 0.1) is 0 Å². The molecular weight excluding hydrogens is 328 g/mol. The summed E-state index contributed by atoms with van der Waals surface area (Å²) in [6.45, 7) is 5.62. The maximum atomic E-state index is 12.3. The quantitative estimate of drug-likeness (QED) is 0.664. The van der Waals surface area contributed by atoms with Crippen molar-refractivity contribution in [3.63, 3.8) is 0 Å². The minimum absolute atomic E-state index is 0.137. The van der Waals surface area contributed by atoms with Crippen LogP contribution in [0.15, 0.2) is 30.9 Å². The standard InChI is InChI=1S/C16H14N4O3S/c1-3-7-20-14(22)10-6-5-9(8-11(10)15(20)23)13(21)17-16-19-18-12(4-2)24-16/h3,5-6,8H,1,4,7H2,2H3,(H,17,19,21). The highest BCUT2D eigenvalue weighted by molar-refractivity contribution is 7.15. The van der Waals surface area contributed by atoms with Gasteiger partial charge in [-0.05, 0) is 24.6 Å². The molecule has 3 rings (SSSR count). The van der Waals surface area contributed by atoms with Crippen LogP contribution in [0.2, 0.25) is 0 Å². The Morgan fingerprint density at radius 1 is 1.29 bits per heavy atom. The number of aromatic nitrogens is 2. The predicted molar refractivity (Wildman–Crippen MR) is 89.2 cm³/mol. The Bertz CT molecular complexity index is 859. The van der Waals surface area contributed by atoms with Crippen molar-refractivity contribution in [1.29, 1.82) is 0 Å². The summed E-state index contributed by atoms with van der Waals surface area (Å²) >= 11 is 1.29. The zero-order valence-electron chi connectivity index (χ0n) is 12.9. The molecule has 1 N–H and O–H groups in total. The Balaban J connectivity index is 1.84. The Kier molecular flexibility index (Phi) is 4.22. The van der Waals surface area contributed by atoms with Gasteiger partial charge in [0.25, 0.3) is 17.7 Å². The number of amides is 3. The van der Waals surface area contributed by atoms with Crippen LogP contribution in [0.4, 0.5) is 5.13 Å². The Morgan fingerprint density at radius 2 is 2.04 bits per heavy atom. The molecule has 0 atom stereocenters. The summed E-state index contributed by atoms with van der Waals surface area (Å²) in [6.07, 6.45) is 2.22. The molecule has 0 radical (unpaired) electrons. The van der Waals surface area contributed by atoms with Crippen LogP contribution < -0.4 is 5.32 Å². The average Bonchev–Trinajstić information content (AvgIpc) is 3.13. The molecule has 24 heavy (non-hydrogen) atoms. The molecule has 3 amide bonds. The number of carbonyl (C=O) groups is 3. The lowest BCUT2D eigenvalue weighted by atomic mass is 10.1. The van der Waals surface area contributed by atoms with E-state index in [1.54, 1.807) is 0 Å². The summed E-state index contributed by atoms with van der Waals surface area (Å²) in [7, 11) is 0. The van der Waals surface area contributed by atoms with Gasteiger partial charge in [-0.2, -0.15) is 0 Å². The van der Waals surface area contributed by atoms with Crippen LogP contribution in [0.25, 0.3) is 0 Å². The fourth-order valence-electron chi connectivity index (χ4n) is 2.34. The number of aryl methyl sites for hydroxylation is 1. The highest BCUT2D eigenvalue weighted by atomic mass is 32.1. The lowest BCUT2D eigenvalue weighted by Crippen LogP contribution is -2.29. The van der Waals surface area contributed by atoms with Crippen molar-refractivity contribution in [2.45, 2.75) is 13.3 Å². The van der Waals surface area contributed by atoms with E-state index in [2.05, 4.69) is 22.1 Å². The van der Waals surface area contributed by atoms with Gasteiger partial charge in [-0.25, -0.2) is 0 Å². The first-order valence-electron chi connectivity index (χ1n) is 7.30. The predicted octanol–water partition coefficient (Wildman–Crippen LogP) is 2.13. The van der Waals surface area contributed by atoms with Crippen molar-refractivity contribution in [2.24, 2.45) is 0 Å². The first kappa shape index (κ1) is 16.0. The highest BCUT2D eigenvalue weighted by Crippen LogP contribution is 2.24. The number of hydrogen-bond acceptors (Lipinski definition) is 6. The fraction of sp³-hybridized carbons (Fsp3) is 0.188. The zero-order valence-corrected chi connectivity index (χ0v) is 13.7. The Hall–Kier alpha value is -2.87. The monoisotopic (exact) mass is 342 g/mol. The molecular formula is C16H14N4O3S. The van der Waals surface area contributed by atoms with Gasteiger partial charge in [-0.3, -0.25) is 24.6 Å². The van der Waals surface area contributed by atoms with Gasteiger partial charge in [0.15, 0.2) is 0 Å². The molecule has 1 aliphatic rings. The zero-order chi connectivity index (χ0) is 17.3. The first-order chi connectivity index (χ1) is 11.5. The Morgan fingerprint density at radius 3 is 2.71 bits per heavy atom. The van der Waals surface area contributed by atoms with Crippen molar-refractivity contribution in [1.82, 2.24) is 15.1 Å². The summed E-state index contributed by atoms with van der Waals surface area (Å²) < 4.78 is 0. The molecule has 1 aromatic carbocycles.